The lowest BCUT2D eigenvalue weighted by Gasteiger charge is -2.26. The molecule has 0 spiro atoms. The molecular weight excluding hydrogens is 240 g/mol. The molecule has 0 aromatic rings. The van der Waals surface area contributed by atoms with Crippen LogP contribution < -0.4 is 10.0 Å². The Bertz CT molecular complexity index is 320. The summed E-state index contributed by atoms with van der Waals surface area (Å²) in [7, 11) is -3.13. The van der Waals surface area contributed by atoms with Gasteiger partial charge in [-0.15, -0.1) is 0 Å². The maximum atomic E-state index is 12.0. The normalized spacial score (nSPS) is 24.9. The third-order valence-electron chi connectivity index (χ3n) is 3.64. The number of hydrogen-bond donors (Lipinski definition) is 2. The zero-order valence-electron chi connectivity index (χ0n) is 10.2. The SMILES string of the molecule is O=S(=O)(NCC1CCNCC1)C1CCOCC1. The van der Waals surface area contributed by atoms with Crippen LogP contribution in [0.1, 0.15) is 25.7 Å². The summed E-state index contributed by atoms with van der Waals surface area (Å²) < 4.78 is 32.1. The molecule has 2 heterocycles. The van der Waals surface area contributed by atoms with E-state index in [9.17, 15) is 8.42 Å². The van der Waals surface area contributed by atoms with Gasteiger partial charge in [-0.05, 0) is 44.7 Å². The number of piperidine rings is 1. The largest absolute Gasteiger partial charge is 0.381 e. The van der Waals surface area contributed by atoms with E-state index in [1.165, 1.54) is 0 Å². The Balaban J connectivity index is 1.79. The number of hydrogen-bond acceptors (Lipinski definition) is 4. The molecule has 17 heavy (non-hydrogen) atoms. The fourth-order valence-corrected chi connectivity index (χ4v) is 3.94. The highest BCUT2D eigenvalue weighted by atomic mass is 32.2. The lowest BCUT2D eigenvalue weighted by atomic mass is 9.99. The Hall–Kier alpha value is -0.170. The summed E-state index contributed by atoms with van der Waals surface area (Å²) in [6.45, 7) is 3.74. The van der Waals surface area contributed by atoms with Gasteiger partial charge in [-0.25, -0.2) is 13.1 Å². The van der Waals surface area contributed by atoms with Gasteiger partial charge in [0.25, 0.3) is 0 Å². The molecule has 0 unspecified atom stereocenters. The summed E-state index contributed by atoms with van der Waals surface area (Å²) >= 11 is 0. The maximum Gasteiger partial charge on any atom is 0.214 e. The van der Waals surface area contributed by atoms with Crippen molar-refractivity contribution in [2.75, 3.05) is 32.8 Å². The zero-order chi connectivity index (χ0) is 12.1. The van der Waals surface area contributed by atoms with Crippen LogP contribution in [-0.2, 0) is 14.8 Å². The smallest absolute Gasteiger partial charge is 0.214 e. The minimum atomic E-state index is -3.13. The fourth-order valence-electron chi connectivity index (χ4n) is 2.42. The molecule has 0 atom stereocenters. The van der Waals surface area contributed by atoms with E-state index in [4.69, 9.17) is 4.74 Å². The molecule has 0 saturated carbocycles. The molecule has 100 valence electrons. The van der Waals surface area contributed by atoms with Crippen molar-refractivity contribution in [2.45, 2.75) is 30.9 Å². The summed E-state index contributed by atoms with van der Waals surface area (Å²) in [4.78, 5) is 0. The molecule has 2 aliphatic heterocycles. The quantitative estimate of drug-likeness (QED) is 0.753. The average molecular weight is 262 g/mol. The summed E-state index contributed by atoms with van der Waals surface area (Å²) in [5, 5.41) is 3.03. The Morgan fingerprint density at radius 3 is 2.41 bits per heavy atom. The molecule has 0 amide bonds. The fraction of sp³-hybridized carbons (Fsp3) is 1.00. The second-order valence-electron chi connectivity index (χ2n) is 4.90. The first-order valence-electron chi connectivity index (χ1n) is 6.45. The van der Waals surface area contributed by atoms with Gasteiger partial charge in [-0.3, -0.25) is 0 Å². The second kappa shape index (κ2) is 6.13. The standard InChI is InChI=1S/C11H22N2O3S/c14-17(15,11-3-7-16-8-4-11)13-9-10-1-5-12-6-2-10/h10-13H,1-9H2. The van der Waals surface area contributed by atoms with E-state index in [0.29, 0.717) is 38.5 Å². The van der Waals surface area contributed by atoms with Crippen molar-refractivity contribution in [3.8, 4) is 0 Å². The van der Waals surface area contributed by atoms with E-state index in [-0.39, 0.29) is 5.25 Å². The number of rotatable bonds is 4. The Labute approximate surface area is 103 Å². The van der Waals surface area contributed by atoms with E-state index < -0.39 is 10.0 Å². The van der Waals surface area contributed by atoms with Crippen LogP contribution >= 0.6 is 0 Å². The van der Waals surface area contributed by atoms with Gasteiger partial charge in [0.15, 0.2) is 0 Å². The molecule has 0 radical (unpaired) electrons. The first-order valence-corrected chi connectivity index (χ1v) is 8.00. The van der Waals surface area contributed by atoms with Crippen molar-refractivity contribution < 1.29 is 13.2 Å². The number of nitrogens with one attached hydrogen (secondary N) is 2. The number of sulfonamides is 1. The highest BCUT2D eigenvalue weighted by molar-refractivity contribution is 7.90. The predicted molar refractivity (Wildman–Crippen MR) is 66.4 cm³/mol. The van der Waals surface area contributed by atoms with Gasteiger partial charge in [0.05, 0.1) is 5.25 Å². The van der Waals surface area contributed by atoms with Gasteiger partial charge in [-0.2, -0.15) is 0 Å². The summed E-state index contributed by atoms with van der Waals surface area (Å²) in [5.74, 6) is 0.492. The second-order valence-corrected chi connectivity index (χ2v) is 6.94. The Morgan fingerprint density at radius 1 is 1.12 bits per heavy atom. The molecule has 0 aromatic carbocycles. The lowest BCUT2D eigenvalue weighted by Crippen LogP contribution is -2.41. The van der Waals surface area contributed by atoms with Crippen LogP contribution in [0.5, 0.6) is 0 Å². The molecule has 0 bridgehead atoms. The van der Waals surface area contributed by atoms with Crippen LogP contribution in [0.3, 0.4) is 0 Å². The Morgan fingerprint density at radius 2 is 1.76 bits per heavy atom. The van der Waals surface area contributed by atoms with Crippen molar-refractivity contribution in [3.05, 3.63) is 0 Å². The minimum Gasteiger partial charge on any atom is -0.381 e. The maximum absolute atomic E-state index is 12.0. The van der Waals surface area contributed by atoms with Crippen molar-refractivity contribution in [3.63, 3.8) is 0 Å². The van der Waals surface area contributed by atoms with Gasteiger partial charge in [0.1, 0.15) is 0 Å². The van der Waals surface area contributed by atoms with E-state index in [1.54, 1.807) is 0 Å². The van der Waals surface area contributed by atoms with Crippen molar-refractivity contribution in [1.29, 1.82) is 0 Å². The summed E-state index contributed by atoms with van der Waals surface area (Å²) in [6.07, 6.45) is 3.38. The molecule has 2 saturated heterocycles. The topological polar surface area (TPSA) is 67.4 Å². The average Bonchev–Trinajstić information content (AvgIpc) is 2.39. The molecule has 0 aliphatic carbocycles. The zero-order valence-corrected chi connectivity index (χ0v) is 11.0. The molecule has 2 N–H and O–H groups in total. The van der Waals surface area contributed by atoms with Crippen molar-refractivity contribution in [2.24, 2.45) is 5.92 Å². The predicted octanol–water partition coefficient (Wildman–Crippen LogP) is 0.0844. The number of ether oxygens (including phenoxy) is 1. The van der Waals surface area contributed by atoms with Crippen LogP contribution in [0, 0.1) is 5.92 Å². The van der Waals surface area contributed by atoms with Crippen molar-refractivity contribution in [1.82, 2.24) is 10.0 Å². The van der Waals surface area contributed by atoms with E-state index >= 15 is 0 Å². The molecule has 0 aromatic heterocycles. The van der Waals surface area contributed by atoms with Crippen LogP contribution in [0.15, 0.2) is 0 Å². The molecule has 2 fully saturated rings. The minimum absolute atomic E-state index is 0.252. The highest BCUT2D eigenvalue weighted by Gasteiger charge is 2.28. The molecule has 2 aliphatic rings. The van der Waals surface area contributed by atoms with Gasteiger partial charge < -0.3 is 10.1 Å². The first-order chi connectivity index (χ1) is 8.18. The Kier molecular flexibility index (Phi) is 4.78. The van der Waals surface area contributed by atoms with E-state index in [0.717, 1.165) is 25.9 Å². The third-order valence-corrected chi connectivity index (χ3v) is 5.56. The lowest BCUT2D eigenvalue weighted by molar-refractivity contribution is 0.0981. The molecule has 6 heteroatoms. The van der Waals surface area contributed by atoms with Crippen LogP contribution in [-0.4, -0.2) is 46.5 Å². The molecule has 5 nitrogen and oxygen atoms in total. The van der Waals surface area contributed by atoms with Crippen molar-refractivity contribution >= 4 is 10.0 Å². The van der Waals surface area contributed by atoms with Crippen LogP contribution in [0.25, 0.3) is 0 Å². The highest BCUT2D eigenvalue weighted by Crippen LogP contribution is 2.16. The van der Waals surface area contributed by atoms with E-state index in [1.807, 2.05) is 0 Å². The van der Waals surface area contributed by atoms with Gasteiger partial charge in [-0.1, -0.05) is 0 Å². The molecule has 2 rings (SSSR count). The van der Waals surface area contributed by atoms with Gasteiger partial charge >= 0.3 is 0 Å². The summed E-state index contributed by atoms with van der Waals surface area (Å²) in [6, 6.07) is 0. The van der Waals surface area contributed by atoms with Gasteiger partial charge in [0, 0.05) is 19.8 Å². The van der Waals surface area contributed by atoms with Gasteiger partial charge in [0.2, 0.25) is 10.0 Å². The van der Waals surface area contributed by atoms with Crippen LogP contribution in [0.2, 0.25) is 0 Å². The third kappa shape index (κ3) is 3.91. The van der Waals surface area contributed by atoms with E-state index in [2.05, 4.69) is 10.0 Å². The summed E-state index contributed by atoms with van der Waals surface area (Å²) in [5.41, 5.74) is 0. The molecular formula is C11H22N2O3S. The first kappa shape index (κ1) is 13.3. The monoisotopic (exact) mass is 262 g/mol. The van der Waals surface area contributed by atoms with Crippen LogP contribution in [0.4, 0.5) is 0 Å².